The van der Waals surface area contributed by atoms with Crippen LogP contribution >= 0.6 is 23.1 Å². The van der Waals surface area contributed by atoms with Crippen molar-refractivity contribution in [2.45, 2.75) is 30.5 Å². The maximum Gasteiger partial charge on any atom is 0.288 e. The number of amides is 1. The van der Waals surface area contributed by atoms with Crippen LogP contribution in [0.3, 0.4) is 0 Å². The third-order valence-electron chi connectivity index (χ3n) is 4.11. The quantitative estimate of drug-likeness (QED) is 0.475. The Morgan fingerprint density at radius 2 is 1.64 bits per heavy atom. The molecule has 0 saturated heterocycles. The molecular weight excluding hydrogens is 398 g/mol. The molecule has 0 fully saturated rings. The number of primary amides is 1. The van der Waals surface area contributed by atoms with E-state index < -0.39 is 5.76 Å². The van der Waals surface area contributed by atoms with E-state index in [1.165, 1.54) is 9.75 Å². The molecule has 3 aromatic rings. The van der Waals surface area contributed by atoms with Gasteiger partial charge < -0.3 is 10.6 Å². The first-order valence-electron chi connectivity index (χ1n) is 8.65. The van der Waals surface area contributed by atoms with Crippen LogP contribution in [0.25, 0.3) is 0 Å². The van der Waals surface area contributed by atoms with Crippen LogP contribution in [-0.2, 0) is 17.8 Å². The molecule has 2 N–H and O–H groups in total. The minimum Gasteiger partial charge on any atom is -0.369 e. The first kappa shape index (κ1) is 20.4. The summed E-state index contributed by atoms with van der Waals surface area (Å²) in [4.78, 5) is 16.2. The van der Waals surface area contributed by atoms with Gasteiger partial charge in [-0.25, -0.2) is 0 Å². The molecule has 0 spiro atoms. The third-order valence-corrected chi connectivity index (χ3v) is 5.82. The first-order chi connectivity index (χ1) is 13.4. The van der Waals surface area contributed by atoms with Gasteiger partial charge in [0.15, 0.2) is 0 Å². The van der Waals surface area contributed by atoms with Gasteiger partial charge in [0.1, 0.15) is 0 Å². The summed E-state index contributed by atoms with van der Waals surface area (Å²) in [6.45, 7) is 2.72. The van der Waals surface area contributed by atoms with Crippen LogP contribution in [0.5, 0.6) is 0 Å². The van der Waals surface area contributed by atoms with Gasteiger partial charge in [-0.2, -0.15) is 8.78 Å². The number of benzene rings is 2. The monoisotopic (exact) mass is 418 g/mol. The van der Waals surface area contributed by atoms with Gasteiger partial charge >= 0.3 is 0 Å². The molecule has 146 valence electrons. The lowest BCUT2D eigenvalue weighted by molar-refractivity contribution is -0.117. The highest BCUT2D eigenvalue weighted by atomic mass is 32.2. The molecule has 2 aromatic carbocycles. The highest BCUT2D eigenvalue weighted by Gasteiger charge is 2.13. The van der Waals surface area contributed by atoms with Crippen molar-refractivity contribution in [3.63, 3.8) is 0 Å². The summed E-state index contributed by atoms with van der Waals surface area (Å²) in [6.07, 6.45) is 0.198. The summed E-state index contributed by atoms with van der Waals surface area (Å²) in [5.41, 5.74) is 7.98. The van der Waals surface area contributed by atoms with E-state index in [4.69, 9.17) is 5.73 Å². The van der Waals surface area contributed by atoms with Crippen LogP contribution in [0.15, 0.2) is 65.6 Å². The normalized spacial score (nSPS) is 11.0. The zero-order chi connectivity index (χ0) is 20.1. The Hall–Kier alpha value is -2.38. The molecule has 1 heterocycles. The van der Waals surface area contributed by atoms with Crippen LogP contribution in [0, 0.1) is 6.92 Å². The Kier molecular flexibility index (Phi) is 6.70. The number of thioether (sulfide) groups is 1. The van der Waals surface area contributed by atoms with Crippen molar-refractivity contribution in [1.29, 1.82) is 0 Å². The molecule has 0 aliphatic carbocycles. The van der Waals surface area contributed by atoms with Crippen molar-refractivity contribution in [3.05, 3.63) is 76.0 Å². The van der Waals surface area contributed by atoms with Gasteiger partial charge in [0.05, 0.1) is 13.0 Å². The summed E-state index contributed by atoms with van der Waals surface area (Å²) >= 11 is 2.26. The first-order valence-corrected chi connectivity index (χ1v) is 10.4. The second kappa shape index (κ2) is 9.21. The number of hydrogen-bond acceptors (Lipinski definition) is 4. The van der Waals surface area contributed by atoms with E-state index in [1.54, 1.807) is 23.5 Å². The molecule has 0 bridgehead atoms. The predicted octanol–water partition coefficient (Wildman–Crippen LogP) is 5.74. The van der Waals surface area contributed by atoms with Gasteiger partial charge in [-0.15, -0.1) is 11.3 Å². The average molecular weight is 419 g/mol. The minimum atomic E-state index is -2.44. The van der Waals surface area contributed by atoms with Crippen molar-refractivity contribution in [1.82, 2.24) is 0 Å². The average Bonchev–Trinajstić information content (AvgIpc) is 3.05. The van der Waals surface area contributed by atoms with Crippen LogP contribution in [0.4, 0.5) is 20.2 Å². The zero-order valence-electron chi connectivity index (χ0n) is 15.3. The van der Waals surface area contributed by atoms with Crippen molar-refractivity contribution in [2.75, 3.05) is 4.90 Å². The number of thiophene rings is 1. The third kappa shape index (κ3) is 5.56. The molecule has 0 radical (unpaired) electrons. The molecule has 1 amide bonds. The number of carbonyl (C=O) groups is 1. The summed E-state index contributed by atoms with van der Waals surface area (Å²) in [7, 11) is 0. The van der Waals surface area contributed by atoms with Crippen LogP contribution < -0.4 is 10.6 Å². The number of anilines is 2. The van der Waals surface area contributed by atoms with Crippen molar-refractivity contribution >= 4 is 40.4 Å². The minimum absolute atomic E-state index is 0.198. The van der Waals surface area contributed by atoms with Crippen molar-refractivity contribution in [2.24, 2.45) is 5.73 Å². The lowest BCUT2D eigenvalue weighted by atomic mass is 10.1. The molecular formula is C21H20F2N2OS2. The Labute approximate surface area is 171 Å². The van der Waals surface area contributed by atoms with E-state index >= 15 is 0 Å². The van der Waals surface area contributed by atoms with Gasteiger partial charge in [-0.3, -0.25) is 4.79 Å². The van der Waals surface area contributed by atoms with Crippen molar-refractivity contribution < 1.29 is 13.6 Å². The Morgan fingerprint density at radius 3 is 2.14 bits per heavy atom. The summed E-state index contributed by atoms with van der Waals surface area (Å²) in [5.74, 6) is -2.81. The van der Waals surface area contributed by atoms with Gasteiger partial charge in [0.2, 0.25) is 5.91 Å². The Bertz CT molecular complexity index is 924. The number of nitrogens with zero attached hydrogens (tertiary/aromatic N) is 1. The Morgan fingerprint density at radius 1 is 1.04 bits per heavy atom. The summed E-state index contributed by atoms with van der Waals surface area (Å²) < 4.78 is 25.2. The summed E-state index contributed by atoms with van der Waals surface area (Å²) in [5, 5.41) is 0. The largest absolute Gasteiger partial charge is 0.369 e. The zero-order valence-corrected chi connectivity index (χ0v) is 16.9. The van der Waals surface area contributed by atoms with E-state index in [-0.39, 0.29) is 12.3 Å². The summed E-state index contributed by atoms with van der Waals surface area (Å²) in [6, 6.07) is 18.9. The van der Waals surface area contributed by atoms with Gasteiger partial charge in [-0.05, 0) is 61.0 Å². The molecule has 7 heteroatoms. The fourth-order valence-electron chi connectivity index (χ4n) is 2.86. The lowest BCUT2D eigenvalue weighted by Gasteiger charge is -2.25. The number of halogens is 2. The number of nitrogens with two attached hydrogens (primary N) is 1. The van der Waals surface area contributed by atoms with Gasteiger partial charge in [0.25, 0.3) is 5.76 Å². The number of alkyl halides is 2. The molecule has 0 aliphatic rings. The highest BCUT2D eigenvalue weighted by Crippen LogP contribution is 2.32. The van der Waals surface area contributed by atoms with Gasteiger partial charge in [0, 0.05) is 26.0 Å². The van der Waals surface area contributed by atoms with E-state index in [9.17, 15) is 13.6 Å². The van der Waals surface area contributed by atoms with E-state index in [2.05, 4.69) is 24.0 Å². The highest BCUT2D eigenvalue weighted by molar-refractivity contribution is 7.99. The van der Waals surface area contributed by atoms with Gasteiger partial charge in [-0.1, -0.05) is 23.9 Å². The number of carbonyl (C=O) groups excluding carboxylic acids is 1. The fourth-order valence-corrected chi connectivity index (χ4v) is 4.24. The molecule has 28 heavy (non-hydrogen) atoms. The topological polar surface area (TPSA) is 46.3 Å². The maximum absolute atomic E-state index is 12.6. The molecule has 3 rings (SSSR count). The van der Waals surface area contributed by atoms with E-state index in [1.807, 2.05) is 36.4 Å². The number of rotatable bonds is 8. The van der Waals surface area contributed by atoms with Crippen LogP contribution in [0.1, 0.15) is 15.3 Å². The number of aryl methyl sites for hydroxylation is 1. The lowest BCUT2D eigenvalue weighted by Crippen LogP contribution is -2.16. The molecule has 1 aromatic heterocycles. The van der Waals surface area contributed by atoms with Crippen molar-refractivity contribution in [3.8, 4) is 0 Å². The molecule has 0 aliphatic heterocycles. The number of hydrogen-bond donors (Lipinski definition) is 1. The second-order valence-electron chi connectivity index (χ2n) is 6.28. The SMILES string of the molecule is Cc1ccc(CN(c2ccc(CC(N)=O)cc2)c2ccc(SC(F)F)cc2)s1. The second-order valence-corrected chi connectivity index (χ2v) is 8.72. The molecule has 3 nitrogen and oxygen atoms in total. The molecule has 0 saturated carbocycles. The molecule has 0 unspecified atom stereocenters. The Balaban J connectivity index is 1.89. The molecule has 0 atom stereocenters. The smallest absolute Gasteiger partial charge is 0.288 e. The van der Waals surface area contributed by atoms with Crippen LogP contribution in [-0.4, -0.2) is 11.7 Å². The van der Waals surface area contributed by atoms with E-state index in [0.717, 1.165) is 16.9 Å². The fraction of sp³-hybridized carbons (Fsp3) is 0.190. The standard InChI is InChI=1S/C21H20F2N2OS2/c1-14-2-9-19(27-14)13-25(16-5-3-15(4-6-16)12-20(24)26)17-7-10-18(11-8-17)28-21(22)23/h2-11,21H,12-13H2,1H3,(H2,24,26). The predicted molar refractivity (Wildman–Crippen MR) is 113 cm³/mol. The maximum atomic E-state index is 12.6. The van der Waals surface area contributed by atoms with E-state index in [0.29, 0.717) is 23.2 Å². The van der Waals surface area contributed by atoms with Crippen LogP contribution in [0.2, 0.25) is 0 Å².